The van der Waals surface area contributed by atoms with Crippen LogP contribution >= 0.6 is 12.4 Å². The lowest BCUT2D eigenvalue weighted by Crippen LogP contribution is -2.06. The molecule has 0 atom stereocenters. The van der Waals surface area contributed by atoms with Crippen molar-refractivity contribution in [3.05, 3.63) is 0 Å². The first-order valence-electron chi connectivity index (χ1n) is 2.12. The molecule has 0 rings (SSSR count). The van der Waals surface area contributed by atoms with E-state index in [0.717, 1.165) is 0 Å². The first-order valence-corrected chi connectivity index (χ1v) is 2.12. The highest BCUT2D eigenvalue weighted by atomic mass is 35.5. The highest BCUT2D eigenvalue weighted by Crippen LogP contribution is 1.72. The molecule has 50 valence electrons. The van der Waals surface area contributed by atoms with Gasteiger partial charge < -0.3 is 9.84 Å². The van der Waals surface area contributed by atoms with E-state index in [2.05, 4.69) is 4.74 Å². The number of nitrogens with one attached hydrogen (secondary N) is 1. The molecule has 0 saturated heterocycles. The Balaban J connectivity index is 0. The summed E-state index contributed by atoms with van der Waals surface area (Å²) in [5.41, 5.74) is 0. The molecule has 3 nitrogen and oxygen atoms in total. The van der Waals surface area contributed by atoms with Crippen molar-refractivity contribution in [2.75, 3.05) is 13.2 Å². The minimum atomic E-state index is -0.298. The SMILES string of the molecule is CCOC(=N)CO.Cl. The number of hydrogen-bond donors (Lipinski definition) is 2. The number of halogens is 1. The molecular weight excluding hydrogens is 130 g/mol. The van der Waals surface area contributed by atoms with Gasteiger partial charge in [-0.2, -0.15) is 0 Å². The molecule has 0 aromatic rings. The second kappa shape index (κ2) is 6.72. The summed E-state index contributed by atoms with van der Waals surface area (Å²) in [6, 6.07) is 0. The average Bonchev–Trinajstić information content (AvgIpc) is 1.68. The molecule has 2 N–H and O–H groups in total. The van der Waals surface area contributed by atoms with Gasteiger partial charge in [0.15, 0.2) is 0 Å². The summed E-state index contributed by atoms with van der Waals surface area (Å²) >= 11 is 0. The molecule has 4 heteroatoms. The molecule has 0 unspecified atom stereocenters. The van der Waals surface area contributed by atoms with E-state index in [0.29, 0.717) is 6.61 Å². The van der Waals surface area contributed by atoms with Crippen LogP contribution in [0.1, 0.15) is 6.92 Å². The van der Waals surface area contributed by atoms with Gasteiger partial charge >= 0.3 is 0 Å². The van der Waals surface area contributed by atoms with Gasteiger partial charge in [-0.05, 0) is 6.92 Å². The number of ether oxygens (including phenoxy) is 1. The van der Waals surface area contributed by atoms with Gasteiger partial charge in [0.05, 0.1) is 6.61 Å². The van der Waals surface area contributed by atoms with E-state index >= 15 is 0 Å². The van der Waals surface area contributed by atoms with Crippen molar-refractivity contribution in [1.82, 2.24) is 0 Å². The van der Waals surface area contributed by atoms with Gasteiger partial charge in [0, 0.05) is 0 Å². The van der Waals surface area contributed by atoms with Gasteiger partial charge in [-0.1, -0.05) is 0 Å². The minimum Gasteiger partial charge on any atom is -0.480 e. The molecular formula is C4H10ClNO2. The third-order valence-corrected chi connectivity index (χ3v) is 0.462. The number of aliphatic hydroxyl groups excluding tert-OH is 1. The van der Waals surface area contributed by atoms with E-state index in [-0.39, 0.29) is 24.9 Å². The Morgan fingerprint density at radius 2 is 2.25 bits per heavy atom. The molecule has 0 aliphatic heterocycles. The van der Waals surface area contributed by atoms with E-state index in [1.807, 2.05) is 0 Å². The zero-order chi connectivity index (χ0) is 5.70. The zero-order valence-electron chi connectivity index (χ0n) is 4.68. The fourth-order valence-electron chi connectivity index (χ4n) is 0.220. The van der Waals surface area contributed by atoms with E-state index in [4.69, 9.17) is 10.5 Å². The molecule has 0 aliphatic rings. The third-order valence-electron chi connectivity index (χ3n) is 0.462. The van der Waals surface area contributed by atoms with Gasteiger partial charge in [0.1, 0.15) is 6.61 Å². The second-order valence-electron chi connectivity index (χ2n) is 1.01. The predicted octanol–water partition coefficient (Wildman–Crippen LogP) is 0.414. The zero-order valence-corrected chi connectivity index (χ0v) is 5.49. The van der Waals surface area contributed by atoms with Gasteiger partial charge in [-0.15, -0.1) is 12.4 Å². The van der Waals surface area contributed by atoms with Crippen molar-refractivity contribution in [3.8, 4) is 0 Å². The smallest absolute Gasteiger partial charge is 0.206 e. The van der Waals surface area contributed by atoms with Crippen LogP contribution in [0.25, 0.3) is 0 Å². The van der Waals surface area contributed by atoms with Crippen LogP contribution in [0.2, 0.25) is 0 Å². The second-order valence-corrected chi connectivity index (χ2v) is 1.01. The van der Waals surface area contributed by atoms with Gasteiger partial charge in [-0.3, -0.25) is 5.41 Å². The summed E-state index contributed by atoms with van der Waals surface area (Å²) in [6.07, 6.45) is 0. The Kier molecular flexibility index (Phi) is 8.95. The van der Waals surface area contributed by atoms with Crippen LogP contribution in [-0.2, 0) is 4.74 Å². The fraction of sp³-hybridized carbons (Fsp3) is 0.750. The van der Waals surface area contributed by atoms with Gasteiger partial charge in [0.2, 0.25) is 5.90 Å². The van der Waals surface area contributed by atoms with E-state index < -0.39 is 0 Å². The maximum absolute atomic E-state index is 8.12. The summed E-state index contributed by atoms with van der Waals surface area (Å²) in [5, 5.41) is 14.8. The van der Waals surface area contributed by atoms with Crippen molar-refractivity contribution in [3.63, 3.8) is 0 Å². The molecule has 8 heavy (non-hydrogen) atoms. The molecule has 0 bridgehead atoms. The first kappa shape index (κ1) is 10.7. The quantitative estimate of drug-likeness (QED) is 0.430. The average molecular weight is 140 g/mol. The molecule has 0 fully saturated rings. The molecule has 0 aromatic carbocycles. The lowest BCUT2D eigenvalue weighted by molar-refractivity contribution is 0.263. The summed E-state index contributed by atoms with van der Waals surface area (Å²) in [5.74, 6) is -0.0671. The van der Waals surface area contributed by atoms with E-state index in [1.54, 1.807) is 6.92 Å². The topological polar surface area (TPSA) is 53.3 Å². The number of hydrogen-bond acceptors (Lipinski definition) is 3. The van der Waals surface area contributed by atoms with Gasteiger partial charge in [0.25, 0.3) is 0 Å². The van der Waals surface area contributed by atoms with Crippen molar-refractivity contribution in [2.45, 2.75) is 6.92 Å². The molecule has 0 radical (unpaired) electrons. The minimum absolute atomic E-state index is 0. The van der Waals surface area contributed by atoms with Crippen LogP contribution in [0.15, 0.2) is 0 Å². The Labute approximate surface area is 54.6 Å². The van der Waals surface area contributed by atoms with Crippen LogP contribution in [-0.4, -0.2) is 24.2 Å². The van der Waals surface area contributed by atoms with Crippen LogP contribution in [0.5, 0.6) is 0 Å². The van der Waals surface area contributed by atoms with E-state index in [9.17, 15) is 0 Å². The van der Waals surface area contributed by atoms with Crippen LogP contribution < -0.4 is 0 Å². The third kappa shape index (κ3) is 5.72. The van der Waals surface area contributed by atoms with Gasteiger partial charge in [-0.25, -0.2) is 0 Å². The standard InChI is InChI=1S/C4H9NO2.ClH/c1-2-7-4(5)3-6;/h5-6H,2-3H2,1H3;1H. The van der Waals surface area contributed by atoms with Crippen LogP contribution in [0, 0.1) is 5.41 Å². The normalized spacial score (nSPS) is 7.25. The van der Waals surface area contributed by atoms with Crippen LogP contribution in [0.4, 0.5) is 0 Å². The molecule has 0 saturated carbocycles. The Bertz CT molecular complexity index is 67.1. The summed E-state index contributed by atoms with van der Waals surface area (Å²) < 4.78 is 4.52. The molecule has 0 aromatic heterocycles. The Morgan fingerprint density at radius 3 is 2.38 bits per heavy atom. The Morgan fingerprint density at radius 1 is 1.75 bits per heavy atom. The maximum Gasteiger partial charge on any atom is 0.206 e. The Hall–Kier alpha value is -0.280. The lowest BCUT2D eigenvalue weighted by atomic mass is 10.7. The monoisotopic (exact) mass is 139 g/mol. The van der Waals surface area contributed by atoms with Crippen molar-refractivity contribution >= 4 is 18.3 Å². The first-order chi connectivity index (χ1) is 3.31. The largest absolute Gasteiger partial charge is 0.480 e. The molecule has 0 aliphatic carbocycles. The fourth-order valence-corrected chi connectivity index (χ4v) is 0.220. The predicted molar refractivity (Wildman–Crippen MR) is 33.7 cm³/mol. The lowest BCUT2D eigenvalue weighted by Gasteiger charge is -1.97. The summed E-state index contributed by atoms with van der Waals surface area (Å²) in [7, 11) is 0. The van der Waals surface area contributed by atoms with Crippen molar-refractivity contribution < 1.29 is 9.84 Å². The molecule has 0 amide bonds. The maximum atomic E-state index is 8.12. The molecule has 0 heterocycles. The number of aliphatic hydroxyl groups is 1. The van der Waals surface area contributed by atoms with Crippen molar-refractivity contribution in [1.29, 1.82) is 5.41 Å². The van der Waals surface area contributed by atoms with E-state index in [1.165, 1.54) is 0 Å². The number of rotatable bonds is 2. The molecule has 0 spiro atoms. The summed E-state index contributed by atoms with van der Waals surface area (Å²) in [4.78, 5) is 0. The highest BCUT2D eigenvalue weighted by molar-refractivity contribution is 5.85. The van der Waals surface area contributed by atoms with Crippen LogP contribution in [0.3, 0.4) is 0 Å². The summed E-state index contributed by atoms with van der Waals surface area (Å²) in [6.45, 7) is 1.93. The highest BCUT2D eigenvalue weighted by Gasteiger charge is 1.86. The van der Waals surface area contributed by atoms with Crippen molar-refractivity contribution in [2.24, 2.45) is 0 Å².